The SMILES string of the molecule is CCc1nnc(N(Cc2ccc(Cl)cc2)Cc2cnn(C)c2)n1Cc1ccnc(OCC(F)(F)F)c1. The average molecular weight is 520 g/mol. The number of rotatable bonds is 10. The lowest BCUT2D eigenvalue weighted by Crippen LogP contribution is -2.26. The summed E-state index contributed by atoms with van der Waals surface area (Å²) in [6.07, 6.45) is 1.34. The second kappa shape index (κ2) is 11.0. The molecule has 0 aliphatic heterocycles. The van der Waals surface area contributed by atoms with Gasteiger partial charge in [-0.15, -0.1) is 10.2 Å². The summed E-state index contributed by atoms with van der Waals surface area (Å²) in [4.78, 5) is 5.98. The van der Waals surface area contributed by atoms with Crippen LogP contribution in [0.25, 0.3) is 0 Å². The van der Waals surface area contributed by atoms with Gasteiger partial charge in [0.05, 0.1) is 12.7 Å². The minimum atomic E-state index is -4.44. The summed E-state index contributed by atoms with van der Waals surface area (Å²) in [7, 11) is 1.85. The molecule has 0 fully saturated rings. The predicted octanol–water partition coefficient (Wildman–Crippen LogP) is 4.82. The molecule has 190 valence electrons. The summed E-state index contributed by atoms with van der Waals surface area (Å²) in [6, 6.07) is 10.8. The first-order valence-corrected chi connectivity index (χ1v) is 11.6. The molecule has 4 rings (SSSR count). The van der Waals surface area contributed by atoms with Crippen molar-refractivity contribution in [2.24, 2.45) is 7.05 Å². The molecule has 0 spiro atoms. The zero-order chi connectivity index (χ0) is 25.7. The van der Waals surface area contributed by atoms with E-state index in [4.69, 9.17) is 16.3 Å². The molecule has 4 aromatic rings. The first-order chi connectivity index (χ1) is 17.2. The van der Waals surface area contributed by atoms with E-state index in [0.29, 0.717) is 42.6 Å². The van der Waals surface area contributed by atoms with Gasteiger partial charge in [-0.25, -0.2) is 4.98 Å². The lowest BCUT2D eigenvalue weighted by Gasteiger charge is -2.24. The van der Waals surface area contributed by atoms with E-state index in [9.17, 15) is 13.2 Å². The largest absolute Gasteiger partial charge is 0.468 e. The quantitative estimate of drug-likeness (QED) is 0.299. The van der Waals surface area contributed by atoms with Crippen LogP contribution in [0, 0.1) is 0 Å². The van der Waals surface area contributed by atoms with Crippen LogP contribution >= 0.6 is 11.6 Å². The molecule has 12 heteroatoms. The summed E-state index contributed by atoms with van der Waals surface area (Å²) in [5.74, 6) is 1.28. The highest BCUT2D eigenvalue weighted by Crippen LogP contribution is 2.24. The fourth-order valence-electron chi connectivity index (χ4n) is 3.73. The Balaban J connectivity index is 1.64. The van der Waals surface area contributed by atoms with E-state index in [1.165, 1.54) is 12.3 Å². The smallest absolute Gasteiger partial charge is 0.422 e. The van der Waals surface area contributed by atoms with Crippen LogP contribution in [0.4, 0.5) is 19.1 Å². The monoisotopic (exact) mass is 519 g/mol. The second-order valence-electron chi connectivity index (χ2n) is 8.27. The third-order valence-electron chi connectivity index (χ3n) is 5.35. The summed E-state index contributed by atoms with van der Waals surface area (Å²) in [5, 5.41) is 13.8. The van der Waals surface area contributed by atoms with Gasteiger partial charge >= 0.3 is 6.18 Å². The first kappa shape index (κ1) is 25.5. The highest BCUT2D eigenvalue weighted by molar-refractivity contribution is 6.30. The maximum atomic E-state index is 12.6. The molecule has 3 heterocycles. The average Bonchev–Trinajstić information content (AvgIpc) is 3.44. The van der Waals surface area contributed by atoms with E-state index in [2.05, 4.69) is 25.2 Å². The van der Waals surface area contributed by atoms with Gasteiger partial charge in [-0.2, -0.15) is 18.3 Å². The Labute approximate surface area is 211 Å². The Morgan fingerprint density at radius 1 is 1.03 bits per heavy atom. The number of aryl methyl sites for hydroxylation is 2. The highest BCUT2D eigenvalue weighted by atomic mass is 35.5. The number of anilines is 1. The van der Waals surface area contributed by atoms with Crippen molar-refractivity contribution in [3.8, 4) is 5.88 Å². The Morgan fingerprint density at radius 2 is 1.78 bits per heavy atom. The summed E-state index contributed by atoms with van der Waals surface area (Å²) in [6.45, 7) is 1.96. The number of hydrogen-bond acceptors (Lipinski definition) is 6. The standard InChI is InChI=1S/C24H25ClF3N7O/c1-3-21-31-32-23(35(21)15-18-8-9-29-22(10-18)36-16-24(26,27)28)34(14-19-11-30-33(2)12-19)13-17-4-6-20(25)7-5-17/h4-12H,3,13-16H2,1-2H3. The van der Waals surface area contributed by atoms with Gasteiger partial charge in [0.25, 0.3) is 0 Å². The lowest BCUT2D eigenvalue weighted by atomic mass is 10.2. The molecule has 1 aromatic carbocycles. The van der Waals surface area contributed by atoms with Crippen molar-refractivity contribution >= 4 is 17.5 Å². The van der Waals surface area contributed by atoms with Crippen LogP contribution < -0.4 is 9.64 Å². The van der Waals surface area contributed by atoms with Crippen molar-refractivity contribution in [2.45, 2.75) is 39.2 Å². The third kappa shape index (κ3) is 6.75. The van der Waals surface area contributed by atoms with Crippen molar-refractivity contribution < 1.29 is 17.9 Å². The Bertz CT molecular complexity index is 1290. The van der Waals surface area contributed by atoms with Gasteiger partial charge in [-0.05, 0) is 29.3 Å². The summed E-state index contributed by atoms with van der Waals surface area (Å²) < 4.78 is 46.2. The van der Waals surface area contributed by atoms with Crippen molar-refractivity contribution in [3.63, 3.8) is 0 Å². The van der Waals surface area contributed by atoms with Crippen molar-refractivity contribution in [2.75, 3.05) is 11.5 Å². The van der Waals surface area contributed by atoms with Crippen LogP contribution in [0.15, 0.2) is 55.0 Å². The van der Waals surface area contributed by atoms with Gasteiger partial charge in [-0.3, -0.25) is 9.25 Å². The molecule has 0 N–H and O–H groups in total. The number of benzene rings is 1. The number of aromatic nitrogens is 6. The van der Waals surface area contributed by atoms with Crippen molar-refractivity contribution in [3.05, 3.63) is 82.5 Å². The van der Waals surface area contributed by atoms with E-state index in [0.717, 1.165) is 17.0 Å². The number of nitrogens with zero attached hydrogens (tertiary/aromatic N) is 7. The normalized spacial score (nSPS) is 11.6. The van der Waals surface area contributed by atoms with Gasteiger partial charge in [-0.1, -0.05) is 30.7 Å². The predicted molar refractivity (Wildman–Crippen MR) is 129 cm³/mol. The van der Waals surface area contributed by atoms with E-state index >= 15 is 0 Å². The lowest BCUT2D eigenvalue weighted by molar-refractivity contribution is -0.154. The summed E-state index contributed by atoms with van der Waals surface area (Å²) in [5.41, 5.74) is 2.74. The molecular formula is C24H25ClF3N7O. The van der Waals surface area contributed by atoms with Crippen LogP contribution in [-0.2, 0) is 33.1 Å². The van der Waals surface area contributed by atoms with E-state index in [-0.39, 0.29) is 5.88 Å². The molecule has 8 nitrogen and oxygen atoms in total. The molecule has 36 heavy (non-hydrogen) atoms. The molecule has 3 aromatic heterocycles. The maximum Gasteiger partial charge on any atom is 0.422 e. The molecule has 0 saturated heterocycles. The van der Waals surface area contributed by atoms with Gasteiger partial charge in [0.1, 0.15) is 5.82 Å². The molecule has 0 bridgehead atoms. The first-order valence-electron chi connectivity index (χ1n) is 11.2. The van der Waals surface area contributed by atoms with Crippen LogP contribution in [0.3, 0.4) is 0 Å². The molecular weight excluding hydrogens is 495 g/mol. The Hall–Kier alpha value is -3.60. The van der Waals surface area contributed by atoms with E-state index < -0.39 is 12.8 Å². The summed E-state index contributed by atoms with van der Waals surface area (Å²) >= 11 is 6.07. The minimum absolute atomic E-state index is 0.0918. The van der Waals surface area contributed by atoms with Crippen LogP contribution in [0.2, 0.25) is 5.02 Å². The van der Waals surface area contributed by atoms with Gasteiger partial charge in [0.2, 0.25) is 11.8 Å². The maximum absolute atomic E-state index is 12.6. The molecule has 0 saturated carbocycles. The fourth-order valence-corrected chi connectivity index (χ4v) is 3.86. The topological polar surface area (TPSA) is 73.9 Å². The Kier molecular flexibility index (Phi) is 7.78. The number of halogens is 4. The highest BCUT2D eigenvalue weighted by Gasteiger charge is 2.28. The van der Waals surface area contributed by atoms with Crippen LogP contribution in [0.5, 0.6) is 5.88 Å². The van der Waals surface area contributed by atoms with Gasteiger partial charge < -0.3 is 9.64 Å². The van der Waals surface area contributed by atoms with E-state index in [1.54, 1.807) is 16.9 Å². The number of pyridine rings is 1. The van der Waals surface area contributed by atoms with Gasteiger partial charge in [0, 0.05) is 55.6 Å². The molecule has 0 atom stereocenters. The fraction of sp³-hybridized carbons (Fsp3) is 0.333. The Morgan fingerprint density at radius 3 is 2.44 bits per heavy atom. The number of hydrogen-bond donors (Lipinski definition) is 0. The zero-order valence-corrected chi connectivity index (χ0v) is 20.5. The van der Waals surface area contributed by atoms with Gasteiger partial charge in [0.15, 0.2) is 6.61 Å². The number of ether oxygens (including phenoxy) is 1. The zero-order valence-electron chi connectivity index (χ0n) is 19.8. The molecule has 0 amide bonds. The molecule has 0 aliphatic rings. The second-order valence-corrected chi connectivity index (χ2v) is 8.70. The van der Waals surface area contributed by atoms with E-state index in [1.807, 2.05) is 49.0 Å². The molecule has 0 radical (unpaired) electrons. The molecule has 0 aliphatic carbocycles. The number of alkyl halides is 3. The van der Waals surface area contributed by atoms with Crippen molar-refractivity contribution in [1.82, 2.24) is 29.5 Å². The minimum Gasteiger partial charge on any atom is -0.468 e. The molecule has 0 unspecified atom stereocenters. The van der Waals surface area contributed by atoms with Crippen LogP contribution in [-0.4, -0.2) is 42.3 Å². The third-order valence-corrected chi connectivity index (χ3v) is 5.60. The van der Waals surface area contributed by atoms with Crippen molar-refractivity contribution in [1.29, 1.82) is 0 Å². The van der Waals surface area contributed by atoms with Crippen LogP contribution in [0.1, 0.15) is 29.4 Å².